The molecule has 1 N–H and O–H groups in total. The van der Waals surface area contributed by atoms with Gasteiger partial charge in [-0.1, -0.05) is 27.2 Å². The molecule has 0 aromatic carbocycles. The third-order valence-electron chi connectivity index (χ3n) is 4.19. The van der Waals surface area contributed by atoms with Crippen molar-refractivity contribution in [3.05, 3.63) is 0 Å². The molecule has 1 aliphatic carbocycles. The highest BCUT2D eigenvalue weighted by Crippen LogP contribution is 2.40. The minimum atomic E-state index is -0.399. The van der Waals surface area contributed by atoms with E-state index in [1.54, 1.807) is 0 Å². The quantitative estimate of drug-likeness (QED) is 0.698. The molecule has 0 saturated heterocycles. The molecule has 0 aliphatic heterocycles. The molecule has 1 rings (SSSR count). The lowest BCUT2D eigenvalue weighted by molar-refractivity contribution is -0.0461. The first-order valence-electron chi connectivity index (χ1n) is 5.69. The maximum absolute atomic E-state index is 10.0. The lowest BCUT2D eigenvalue weighted by Crippen LogP contribution is -2.39. The summed E-state index contributed by atoms with van der Waals surface area (Å²) in [7, 11) is 0. The Labute approximate surface area is 82.5 Å². The van der Waals surface area contributed by atoms with Gasteiger partial charge in [0.2, 0.25) is 0 Å². The number of hydrogen-bond donors (Lipinski definition) is 1. The van der Waals surface area contributed by atoms with Crippen LogP contribution in [0.2, 0.25) is 0 Å². The summed E-state index contributed by atoms with van der Waals surface area (Å²) in [6.45, 7) is 8.79. The van der Waals surface area contributed by atoms with E-state index in [2.05, 4.69) is 20.8 Å². The van der Waals surface area contributed by atoms with Crippen molar-refractivity contribution in [1.29, 1.82) is 0 Å². The van der Waals surface area contributed by atoms with Gasteiger partial charge in [0.15, 0.2) is 0 Å². The van der Waals surface area contributed by atoms with Gasteiger partial charge < -0.3 is 5.11 Å². The molecular formula is C12H24O. The molecule has 0 bridgehead atoms. The van der Waals surface area contributed by atoms with Crippen LogP contribution < -0.4 is 0 Å². The van der Waals surface area contributed by atoms with E-state index in [0.717, 1.165) is 18.3 Å². The van der Waals surface area contributed by atoms with Crippen molar-refractivity contribution < 1.29 is 5.11 Å². The fourth-order valence-corrected chi connectivity index (χ4v) is 2.40. The molecule has 0 aromatic heterocycles. The standard InChI is InChI=1S/C12H24O/c1-5-9(2)11-6-7-12(4,13)10(3)8-11/h9-11,13H,5-8H2,1-4H3/t9?,10-,11?,12?/m1/s1. The first-order valence-corrected chi connectivity index (χ1v) is 5.69. The van der Waals surface area contributed by atoms with Crippen LogP contribution in [0.15, 0.2) is 0 Å². The van der Waals surface area contributed by atoms with Gasteiger partial charge in [0.25, 0.3) is 0 Å². The monoisotopic (exact) mass is 184 g/mol. The van der Waals surface area contributed by atoms with Crippen LogP contribution in [-0.2, 0) is 0 Å². The molecule has 0 radical (unpaired) electrons. The zero-order valence-corrected chi connectivity index (χ0v) is 9.51. The van der Waals surface area contributed by atoms with E-state index < -0.39 is 5.60 Å². The van der Waals surface area contributed by atoms with Gasteiger partial charge >= 0.3 is 0 Å². The summed E-state index contributed by atoms with van der Waals surface area (Å²) in [4.78, 5) is 0. The van der Waals surface area contributed by atoms with Crippen molar-refractivity contribution in [1.82, 2.24) is 0 Å². The van der Waals surface area contributed by atoms with Crippen LogP contribution in [0, 0.1) is 17.8 Å². The Kier molecular flexibility index (Phi) is 3.39. The highest BCUT2D eigenvalue weighted by molar-refractivity contribution is 4.88. The Morgan fingerprint density at radius 3 is 2.62 bits per heavy atom. The average Bonchev–Trinajstić information content (AvgIpc) is 2.08. The van der Waals surface area contributed by atoms with E-state index in [9.17, 15) is 5.11 Å². The first kappa shape index (κ1) is 11.0. The molecule has 4 atom stereocenters. The predicted octanol–water partition coefficient (Wildman–Crippen LogP) is 3.22. The van der Waals surface area contributed by atoms with Crippen LogP contribution in [0.4, 0.5) is 0 Å². The van der Waals surface area contributed by atoms with Crippen molar-refractivity contribution in [2.24, 2.45) is 17.8 Å². The normalized spacial score (nSPS) is 43.2. The molecule has 1 heteroatoms. The summed E-state index contributed by atoms with van der Waals surface area (Å²) in [5, 5.41) is 10.0. The van der Waals surface area contributed by atoms with Crippen molar-refractivity contribution in [3.63, 3.8) is 0 Å². The van der Waals surface area contributed by atoms with E-state index >= 15 is 0 Å². The maximum atomic E-state index is 10.0. The summed E-state index contributed by atoms with van der Waals surface area (Å²) in [6, 6.07) is 0. The van der Waals surface area contributed by atoms with E-state index in [1.165, 1.54) is 19.3 Å². The Bertz CT molecular complexity index is 163. The molecule has 13 heavy (non-hydrogen) atoms. The number of hydrogen-bond acceptors (Lipinski definition) is 1. The molecule has 0 amide bonds. The van der Waals surface area contributed by atoms with Crippen LogP contribution >= 0.6 is 0 Å². The largest absolute Gasteiger partial charge is 0.390 e. The predicted molar refractivity (Wildman–Crippen MR) is 56.6 cm³/mol. The smallest absolute Gasteiger partial charge is 0.0645 e. The van der Waals surface area contributed by atoms with Crippen molar-refractivity contribution in [2.45, 2.75) is 59.0 Å². The molecule has 0 spiro atoms. The second-order valence-electron chi connectivity index (χ2n) is 5.18. The summed E-state index contributed by atoms with van der Waals surface area (Å²) in [5.74, 6) is 2.15. The van der Waals surface area contributed by atoms with Crippen molar-refractivity contribution in [3.8, 4) is 0 Å². The summed E-state index contributed by atoms with van der Waals surface area (Å²) < 4.78 is 0. The summed E-state index contributed by atoms with van der Waals surface area (Å²) in [5.41, 5.74) is -0.399. The first-order chi connectivity index (χ1) is 5.97. The van der Waals surface area contributed by atoms with Crippen LogP contribution in [0.25, 0.3) is 0 Å². The fourth-order valence-electron chi connectivity index (χ4n) is 2.40. The van der Waals surface area contributed by atoms with Crippen LogP contribution in [0.3, 0.4) is 0 Å². The van der Waals surface area contributed by atoms with Crippen LogP contribution in [-0.4, -0.2) is 10.7 Å². The van der Waals surface area contributed by atoms with E-state index in [-0.39, 0.29) is 0 Å². The van der Waals surface area contributed by atoms with Gasteiger partial charge in [-0.05, 0) is 43.9 Å². The van der Waals surface area contributed by atoms with Gasteiger partial charge in [0, 0.05) is 0 Å². The minimum absolute atomic E-state index is 0.399. The minimum Gasteiger partial charge on any atom is -0.390 e. The molecular weight excluding hydrogens is 160 g/mol. The molecule has 3 unspecified atom stereocenters. The molecule has 0 heterocycles. The van der Waals surface area contributed by atoms with Gasteiger partial charge in [0.1, 0.15) is 0 Å². The molecule has 0 aromatic rings. The van der Waals surface area contributed by atoms with Crippen LogP contribution in [0.1, 0.15) is 53.4 Å². The third kappa shape index (κ3) is 2.46. The second kappa shape index (κ2) is 4.00. The van der Waals surface area contributed by atoms with Gasteiger partial charge in [-0.3, -0.25) is 0 Å². The highest BCUT2D eigenvalue weighted by Gasteiger charge is 2.36. The topological polar surface area (TPSA) is 20.2 Å². The fraction of sp³-hybridized carbons (Fsp3) is 1.00. The Morgan fingerprint density at radius 2 is 2.15 bits per heavy atom. The van der Waals surface area contributed by atoms with Crippen LogP contribution in [0.5, 0.6) is 0 Å². The van der Waals surface area contributed by atoms with Crippen molar-refractivity contribution in [2.75, 3.05) is 0 Å². The summed E-state index contributed by atoms with van der Waals surface area (Å²) >= 11 is 0. The van der Waals surface area contributed by atoms with Gasteiger partial charge in [-0.15, -0.1) is 0 Å². The van der Waals surface area contributed by atoms with Gasteiger partial charge in [0.05, 0.1) is 5.60 Å². The molecule has 78 valence electrons. The third-order valence-corrected chi connectivity index (χ3v) is 4.19. The van der Waals surface area contributed by atoms with Crippen molar-refractivity contribution >= 4 is 0 Å². The average molecular weight is 184 g/mol. The van der Waals surface area contributed by atoms with E-state index in [4.69, 9.17) is 0 Å². The Morgan fingerprint density at radius 1 is 1.54 bits per heavy atom. The van der Waals surface area contributed by atoms with Gasteiger partial charge in [-0.2, -0.15) is 0 Å². The zero-order chi connectivity index (χ0) is 10.1. The second-order valence-corrected chi connectivity index (χ2v) is 5.18. The van der Waals surface area contributed by atoms with E-state index in [0.29, 0.717) is 5.92 Å². The molecule has 1 saturated carbocycles. The molecule has 1 aliphatic rings. The summed E-state index contributed by atoms with van der Waals surface area (Å²) in [6.07, 6.45) is 4.69. The Hall–Kier alpha value is -0.0400. The highest BCUT2D eigenvalue weighted by atomic mass is 16.3. The number of rotatable bonds is 2. The Balaban J connectivity index is 2.51. The molecule has 1 nitrogen and oxygen atoms in total. The van der Waals surface area contributed by atoms with Gasteiger partial charge in [-0.25, -0.2) is 0 Å². The lowest BCUT2D eigenvalue weighted by Gasteiger charge is -2.41. The molecule has 1 fully saturated rings. The lowest BCUT2D eigenvalue weighted by atomic mass is 9.69. The van der Waals surface area contributed by atoms with E-state index in [1.807, 2.05) is 6.92 Å². The SMILES string of the molecule is CCC(C)C1CCC(C)(O)[C@H](C)C1. The zero-order valence-electron chi connectivity index (χ0n) is 9.51. The maximum Gasteiger partial charge on any atom is 0.0645 e. The number of aliphatic hydroxyl groups is 1.